The molecule has 43 heavy (non-hydrogen) atoms. The quantitative estimate of drug-likeness (QED) is 0.0978. The lowest BCUT2D eigenvalue weighted by atomic mass is 10.0. The Labute approximate surface area is 252 Å². The molecule has 0 bridgehead atoms. The van der Waals surface area contributed by atoms with Gasteiger partial charge in [0.1, 0.15) is 18.1 Å². The second kappa shape index (κ2) is 14.7. The number of aromatic nitrogens is 2. The van der Waals surface area contributed by atoms with Crippen molar-refractivity contribution in [1.29, 1.82) is 0 Å². The van der Waals surface area contributed by atoms with Crippen LogP contribution in [0.15, 0.2) is 60.9 Å². The van der Waals surface area contributed by atoms with Gasteiger partial charge in [0, 0.05) is 47.0 Å². The molecule has 4 rings (SSSR count). The van der Waals surface area contributed by atoms with E-state index in [2.05, 4.69) is 25.9 Å². The normalized spacial score (nSPS) is 14.1. The van der Waals surface area contributed by atoms with E-state index in [4.69, 9.17) is 5.73 Å². The Morgan fingerprint density at radius 2 is 1.26 bits per heavy atom. The Bertz CT molecular complexity index is 1590. The van der Waals surface area contributed by atoms with E-state index in [1.54, 1.807) is 24.2 Å². The van der Waals surface area contributed by atoms with Gasteiger partial charge in [-0.3, -0.25) is 14.4 Å². The smallest absolute Gasteiger partial charge is 0.328 e. The molecule has 0 saturated heterocycles. The highest BCUT2D eigenvalue weighted by Crippen LogP contribution is 2.21. The van der Waals surface area contributed by atoms with E-state index < -0.39 is 54.5 Å². The van der Waals surface area contributed by atoms with Gasteiger partial charge in [0.25, 0.3) is 0 Å². The molecule has 12 nitrogen and oxygen atoms in total. The molecule has 13 heteroatoms. The molecule has 4 atom stereocenters. The molecule has 0 aliphatic rings. The van der Waals surface area contributed by atoms with Gasteiger partial charge in [0.2, 0.25) is 17.7 Å². The Hall–Kier alpha value is -4.33. The van der Waals surface area contributed by atoms with Crippen LogP contribution in [0.1, 0.15) is 17.5 Å². The van der Waals surface area contributed by atoms with Crippen LogP contribution in [0.2, 0.25) is 0 Å². The molecule has 9 N–H and O–H groups in total. The van der Waals surface area contributed by atoms with Gasteiger partial charge in [-0.25, -0.2) is 4.79 Å². The van der Waals surface area contributed by atoms with Crippen molar-refractivity contribution in [1.82, 2.24) is 25.9 Å². The largest absolute Gasteiger partial charge is 0.480 e. The first-order valence-corrected chi connectivity index (χ1v) is 15.2. The molecule has 0 radical (unpaired) electrons. The van der Waals surface area contributed by atoms with Crippen molar-refractivity contribution < 1.29 is 29.4 Å². The number of nitrogens with one attached hydrogen (secondary N) is 5. The van der Waals surface area contributed by atoms with E-state index in [0.717, 1.165) is 27.4 Å². The van der Waals surface area contributed by atoms with Crippen LogP contribution in [0.25, 0.3) is 21.8 Å². The average Bonchev–Trinajstić information content (AvgIpc) is 3.61. The van der Waals surface area contributed by atoms with Gasteiger partial charge in [-0.2, -0.15) is 11.8 Å². The number of aliphatic hydroxyl groups is 1. The number of hydrogen-bond donors (Lipinski definition) is 8. The number of hydrogen-bond acceptors (Lipinski definition) is 7. The topological polar surface area (TPSA) is 202 Å². The lowest BCUT2D eigenvalue weighted by molar-refractivity contribution is -0.143. The number of thioether (sulfide) groups is 1. The highest BCUT2D eigenvalue weighted by Gasteiger charge is 2.31. The van der Waals surface area contributed by atoms with Crippen LogP contribution in [0.5, 0.6) is 0 Å². The number of fused-ring (bicyclic) bond motifs is 2. The Morgan fingerprint density at radius 1 is 0.791 bits per heavy atom. The number of para-hydroxylation sites is 2. The molecule has 0 aliphatic carbocycles. The van der Waals surface area contributed by atoms with Crippen LogP contribution in [-0.2, 0) is 32.0 Å². The summed E-state index contributed by atoms with van der Waals surface area (Å²) in [6.45, 7) is -0.831. The highest BCUT2D eigenvalue weighted by atomic mass is 32.2. The van der Waals surface area contributed by atoms with E-state index in [-0.39, 0.29) is 12.8 Å². The third kappa shape index (κ3) is 7.95. The first-order chi connectivity index (χ1) is 20.7. The molecule has 4 aromatic rings. The zero-order valence-corrected chi connectivity index (χ0v) is 24.4. The molecule has 0 spiro atoms. The first-order valence-electron chi connectivity index (χ1n) is 13.8. The van der Waals surface area contributed by atoms with Crippen LogP contribution in [-0.4, -0.2) is 86.7 Å². The summed E-state index contributed by atoms with van der Waals surface area (Å²) < 4.78 is 0. The molecule has 228 valence electrons. The van der Waals surface area contributed by atoms with Gasteiger partial charge in [-0.15, -0.1) is 0 Å². The summed E-state index contributed by atoms with van der Waals surface area (Å²) >= 11 is 1.55. The fourth-order valence-electron chi connectivity index (χ4n) is 4.84. The van der Waals surface area contributed by atoms with Crippen LogP contribution < -0.4 is 21.7 Å². The number of carbonyl (C=O) groups excluding carboxylic acids is 3. The number of carbonyl (C=O) groups is 4. The fourth-order valence-corrected chi connectivity index (χ4v) is 5.33. The van der Waals surface area contributed by atoms with Crippen LogP contribution in [0.4, 0.5) is 0 Å². The summed E-state index contributed by atoms with van der Waals surface area (Å²) in [6, 6.07) is 10.2. The van der Waals surface area contributed by atoms with Crippen molar-refractivity contribution in [3.05, 3.63) is 72.1 Å². The molecular weight excluding hydrogens is 572 g/mol. The van der Waals surface area contributed by atoms with Crippen LogP contribution in [0.3, 0.4) is 0 Å². The molecule has 4 unspecified atom stereocenters. The number of aromatic amines is 2. The summed E-state index contributed by atoms with van der Waals surface area (Å²) in [6.07, 6.45) is 5.92. The predicted octanol–water partition coefficient (Wildman–Crippen LogP) is 1.05. The van der Waals surface area contributed by atoms with Gasteiger partial charge in [0.05, 0.1) is 12.6 Å². The number of rotatable bonds is 15. The van der Waals surface area contributed by atoms with Crippen molar-refractivity contribution >= 4 is 57.3 Å². The third-order valence-electron chi connectivity index (χ3n) is 7.23. The maximum Gasteiger partial charge on any atom is 0.328 e. The molecule has 0 saturated carbocycles. The SMILES string of the molecule is CSCCC(N)C(=O)NC(Cc1c[nH]c2ccccc12)C(=O)NC(Cc1c[nH]c2ccccc12)C(=O)NC(CO)C(=O)O. The number of nitrogens with two attached hydrogens (primary N) is 1. The predicted molar refractivity (Wildman–Crippen MR) is 165 cm³/mol. The number of amides is 3. The molecule has 2 aromatic carbocycles. The lowest BCUT2D eigenvalue weighted by Crippen LogP contribution is -2.58. The van der Waals surface area contributed by atoms with E-state index in [1.807, 2.05) is 54.8 Å². The minimum absolute atomic E-state index is 0.0142. The molecule has 2 aromatic heterocycles. The fraction of sp³-hybridized carbons (Fsp3) is 0.333. The van der Waals surface area contributed by atoms with Crippen LogP contribution in [0, 0.1) is 0 Å². The first kappa shape index (κ1) is 31.6. The van der Waals surface area contributed by atoms with E-state index in [1.165, 1.54) is 0 Å². The van der Waals surface area contributed by atoms with Gasteiger partial charge >= 0.3 is 5.97 Å². The van der Waals surface area contributed by atoms with Gasteiger partial charge in [0.15, 0.2) is 0 Å². The molecule has 3 amide bonds. The molecule has 2 heterocycles. The standard InChI is InChI=1S/C30H36N6O6S/c1-43-11-10-21(31)27(38)34-24(12-17-14-32-22-8-4-2-6-19(17)22)28(39)35-25(29(40)36-26(16-37)30(41)42)13-18-15-33-23-9-5-3-7-20(18)23/h2-9,14-15,21,24-26,32-33,37H,10-13,16,31H2,1H3,(H,34,38)(H,35,39)(H,36,40)(H,41,42). The molecular formula is C30H36N6O6S. The zero-order chi connectivity index (χ0) is 30.9. The maximum atomic E-state index is 13.8. The molecule has 0 fully saturated rings. The second-order valence-corrected chi connectivity index (χ2v) is 11.2. The second-order valence-electron chi connectivity index (χ2n) is 10.2. The minimum atomic E-state index is -1.56. The summed E-state index contributed by atoms with van der Waals surface area (Å²) in [7, 11) is 0. The zero-order valence-electron chi connectivity index (χ0n) is 23.6. The summed E-state index contributed by atoms with van der Waals surface area (Å²) in [5.74, 6) is -2.70. The monoisotopic (exact) mass is 608 g/mol. The number of carboxylic acids is 1. The van der Waals surface area contributed by atoms with Crippen LogP contribution >= 0.6 is 11.8 Å². The number of aliphatic carboxylic acids is 1. The number of aliphatic hydroxyl groups excluding tert-OH is 1. The van der Waals surface area contributed by atoms with E-state index >= 15 is 0 Å². The average molecular weight is 609 g/mol. The van der Waals surface area contributed by atoms with Crippen molar-refractivity contribution in [3.63, 3.8) is 0 Å². The third-order valence-corrected chi connectivity index (χ3v) is 7.87. The highest BCUT2D eigenvalue weighted by molar-refractivity contribution is 7.98. The molecule has 0 aliphatic heterocycles. The summed E-state index contributed by atoms with van der Waals surface area (Å²) in [5, 5.41) is 28.4. The number of H-pyrrole nitrogens is 2. The minimum Gasteiger partial charge on any atom is -0.480 e. The van der Waals surface area contributed by atoms with E-state index in [0.29, 0.717) is 17.7 Å². The van der Waals surface area contributed by atoms with Gasteiger partial charge in [-0.1, -0.05) is 36.4 Å². The van der Waals surface area contributed by atoms with Crippen molar-refractivity contribution in [2.75, 3.05) is 18.6 Å². The number of benzene rings is 2. The summed E-state index contributed by atoms with van der Waals surface area (Å²) in [5.41, 5.74) is 9.27. The van der Waals surface area contributed by atoms with Crippen molar-refractivity contribution in [3.8, 4) is 0 Å². The lowest BCUT2D eigenvalue weighted by Gasteiger charge is -2.25. The van der Waals surface area contributed by atoms with Crippen molar-refractivity contribution in [2.45, 2.75) is 43.4 Å². The van der Waals surface area contributed by atoms with E-state index in [9.17, 15) is 29.4 Å². The summed E-state index contributed by atoms with van der Waals surface area (Å²) in [4.78, 5) is 58.0. The Balaban J connectivity index is 1.62. The maximum absolute atomic E-state index is 13.8. The van der Waals surface area contributed by atoms with Gasteiger partial charge < -0.3 is 41.9 Å². The number of carboxylic acid groups (broad SMARTS) is 1. The van der Waals surface area contributed by atoms with Crippen molar-refractivity contribution in [2.24, 2.45) is 5.73 Å². The Morgan fingerprint density at radius 3 is 1.72 bits per heavy atom. The Kier molecular flexibility index (Phi) is 10.8. The van der Waals surface area contributed by atoms with Gasteiger partial charge in [-0.05, 0) is 41.7 Å².